The largest absolute Gasteiger partial charge is 0.497 e. The molecular formula is C24H15ClFN5O5. The summed E-state index contributed by atoms with van der Waals surface area (Å²) in [5, 5.41) is 36.9. The van der Waals surface area contributed by atoms with Gasteiger partial charge in [0, 0.05) is 24.1 Å². The van der Waals surface area contributed by atoms with Gasteiger partial charge in [-0.3, -0.25) is 14.9 Å². The number of aliphatic hydroxyl groups excluding tert-OH is 1. The number of nitriles is 1. The molecule has 0 aliphatic carbocycles. The molecule has 1 aliphatic heterocycles. The number of nitrogens with zero attached hydrogens (tertiary/aromatic N) is 5. The second kappa shape index (κ2) is 8.60. The number of ether oxygens (including phenoxy) is 1. The molecule has 1 aliphatic rings. The van der Waals surface area contributed by atoms with Gasteiger partial charge in [-0.1, -0.05) is 23.7 Å². The number of amides is 1. The lowest BCUT2D eigenvalue weighted by molar-refractivity contribution is -0.386. The van der Waals surface area contributed by atoms with Gasteiger partial charge >= 0.3 is 0 Å². The molecule has 1 atom stereocenters. The quantitative estimate of drug-likeness (QED) is 0.315. The third-order valence-electron chi connectivity index (χ3n) is 5.96. The topological polar surface area (TPSA) is 135 Å². The zero-order valence-electron chi connectivity index (χ0n) is 18.5. The minimum absolute atomic E-state index is 0.000862. The molecule has 0 bridgehead atoms. The number of carbonyl (C=O) groups excluding carboxylic acids is 1. The molecule has 4 aromatic rings. The van der Waals surface area contributed by atoms with Crippen LogP contribution in [-0.2, 0) is 6.54 Å². The summed E-state index contributed by atoms with van der Waals surface area (Å²) >= 11 is 6.27. The van der Waals surface area contributed by atoms with Gasteiger partial charge < -0.3 is 14.7 Å². The number of hydrogen-bond acceptors (Lipinski definition) is 7. The Balaban J connectivity index is 1.76. The predicted molar refractivity (Wildman–Crippen MR) is 125 cm³/mol. The zero-order chi connectivity index (χ0) is 25.7. The Morgan fingerprint density at radius 1 is 1.28 bits per heavy atom. The first-order valence-corrected chi connectivity index (χ1v) is 10.8. The lowest BCUT2D eigenvalue weighted by Gasteiger charge is -2.20. The molecule has 1 aromatic heterocycles. The number of aromatic nitrogens is 2. The zero-order valence-corrected chi connectivity index (χ0v) is 19.2. The van der Waals surface area contributed by atoms with E-state index >= 15 is 0 Å². The van der Waals surface area contributed by atoms with Crippen molar-refractivity contribution in [3.8, 4) is 17.5 Å². The van der Waals surface area contributed by atoms with Gasteiger partial charge in [-0.25, -0.2) is 9.07 Å². The van der Waals surface area contributed by atoms with Gasteiger partial charge in [0.25, 0.3) is 11.6 Å². The van der Waals surface area contributed by atoms with E-state index in [1.165, 1.54) is 13.2 Å². The molecule has 12 heteroatoms. The van der Waals surface area contributed by atoms with E-state index in [1.807, 2.05) is 6.07 Å². The normalized spacial score (nSPS) is 14.7. The maximum atomic E-state index is 14.1. The van der Waals surface area contributed by atoms with E-state index in [-0.39, 0.29) is 45.0 Å². The molecule has 0 saturated carbocycles. The highest BCUT2D eigenvalue weighted by atomic mass is 35.5. The maximum absolute atomic E-state index is 14.1. The smallest absolute Gasteiger partial charge is 0.278 e. The molecule has 0 radical (unpaired) electrons. The lowest BCUT2D eigenvalue weighted by atomic mass is 10.0. The van der Waals surface area contributed by atoms with Gasteiger partial charge in [0.15, 0.2) is 11.9 Å². The van der Waals surface area contributed by atoms with E-state index in [2.05, 4.69) is 5.10 Å². The molecule has 1 unspecified atom stereocenters. The van der Waals surface area contributed by atoms with E-state index in [9.17, 15) is 29.7 Å². The number of carbonyl (C=O) groups is 1. The number of aliphatic hydroxyl groups is 1. The average Bonchev–Trinajstić information content (AvgIpc) is 3.36. The van der Waals surface area contributed by atoms with Crippen LogP contribution in [0.2, 0.25) is 5.02 Å². The van der Waals surface area contributed by atoms with Crippen LogP contribution in [-0.4, -0.2) is 37.7 Å². The van der Waals surface area contributed by atoms with E-state index in [1.54, 1.807) is 24.3 Å². The van der Waals surface area contributed by atoms with E-state index in [4.69, 9.17) is 16.3 Å². The van der Waals surface area contributed by atoms with E-state index in [0.717, 1.165) is 27.8 Å². The molecule has 36 heavy (non-hydrogen) atoms. The molecule has 1 N–H and O–H groups in total. The van der Waals surface area contributed by atoms with Crippen molar-refractivity contribution >= 4 is 34.1 Å². The Morgan fingerprint density at radius 3 is 2.64 bits per heavy atom. The maximum Gasteiger partial charge on any atom is 0.278 e. The summed E-state index contributed by atoms with van der Waals surface area (Å²) in [4.78, 5) is 25.9. The molecule has 180 valence electrons. The molecule has 10 nitrogen and oxygen atoms in total. The number of fused-ring (bicyclic) bond motifs is 3. The van der Waals surface area contributed by atoms with E-state index in [0.29, 0.717) is 11.3 Å². The summed E-state index contributed by atoms with van der Waals surface area (Å²) in [6.07, 6.45) is -1.66. The van der Waals surface area contributed by atoms with Crippen molar-refractivity contribution in [3.05, 3.63) is 91.9 Å². The Bertz CT molecular complexity index is 1610. The summed E-state index contributed by atoms with van der Waals surface area (Å²) in [5.41, 5.74) is -0.576. The molecule has 3 aromatic carbocycles. The third kappa shape index (κ3) is 3.51. The van der Waals surface area contributed by atoms with Crippen molar-refractivity contribution < 1.29 is 24.0 Å². The number of methoxy groups -OCH3 is 1. The molecular weight excluding hydrogens is 493 g/mol. The number of nitro benzene ring substituents is 1. The van der Waals surface area contributed by atoms with Crippen LogP contribution in [0.4, 0.5) is 10.1 Å². The third-order valence-corrected chi connectivity index (χ3v) is 6.28. The molecule has 5 rings (SSSR count). The summed E-state index contributed by atoms with van der Waals surface area (Å²) in [7, 11) is 1.51. The first kappa shape index (κ1) is 23.2. The highest BCUT2D eigenvalue weighted by molar-refractivity contribution is 6.32. The minimum Gasteiger partial charge on any atom is -0.497 e. The van der Waals surface area contributed by atoms with Gasteiger partial charge in [-0.2, -0.15) is 10.4 Å². The van der Waals surface area contributed by atoms with Crippen LogP contribution in [0, 0.1) is 27.3 Å². The second-order valence-corrected chi connectivity index (χ2v) is 8.37. The van der Waals surface area contributed by atoms with Gasteiger partial charge in [0.05, 0.1) is 39.4 Å². The van der Waals surface area contributed by atoms with Crippen LogP contribution < -0.4 is 4.74 Å². The predicted octanol–water partition coefficient (Wildman–Crippen LogP) is 4.25. The van der Waals surface area contributed by atoms with Gasteiger partial charge in [-0.15, -0.1) is 0 Å². The lowest BCUT2D eigenvalue weighted by Crippen LogP contribution is -2.27. The monoisotopic (exact) mass is 507 g/mol. The van der Waals surface area contributed by atoms with Gasteiger partial charge in [-0.05, 0) is 29.8 Å². The van der Waals surface area contributed by atoms with Crippen LogP contribution >= 0.6 is 11.6 Å². The summed E-state index contributed by atoms with van der Waals surface area (Å²) in [5.74, 6) is -0.782. The molecule has 0 spiro atoms. The van der Waals surface area contributed by atoms with Crippen LogP contribution in [0.15, 0.2) is 48.5 Å². The van der Waals surface area contributed by atoms with Crippen LogP contribution in [0.1, 0.15) is 33.4 Å². The van der Waals surface area contributed by atoms with Crippen molar-refractivity contribution in [2.45, 2.75) is 12.8 Å². The SMILES string of the molecule is COc1ccc(CN2C(=O)c3c(c([N+](=O)[O-])cc4c(C#N)nn(-c5cc(F)ccc5Cl)c34)C2O)cc1. The number of nitro groups is 1. The average molecular weight is 508 g/mol. The molecule has 0 fully saturated rings. The Kier molecular flexibility index (Phi) is 5.55. The Morgan fingerprint density at radius 2 is 2.00 bits per heavy atom. The first-order chi connectivity index (χ1) is 17.2. The van der Waals surface area contributed by atoms with Crippen molar-refractivity contribution in [3.63, 3.8) is 0 Å². The fourth-order valence-corrected chi connectivity index (χ4v) is 4.51. The van der Waals surface area contributed by atoms with Crippen molar-refractivity contribution in [2.75, 3.05) is 7.11 Å². The summed E-state index contributed by atoms with van der Waals surface area (Å²) in [6.45, 7) is -0.0721. The Hall–Kier alpha value is -4.53. The summed E-state index contributed by atoms with van der Waals surface area (Å²) in [6, 6.07) is 13.1. The van der Waals surface area contributed by atoms with Gasteiger partial charge in [0.2, 0.25) is 0 Å². The van der Waals surface area contributed by atoms with Crippen LogP contribution in [0.3, 0.4) is 0 Å². The molecule has 0 saturated heterocycles. The highest BCUT2D eigenvalue weighted by Crippen LogP contribution is 2.44. The number of rotatable bonds is 5. The standard InChI is InChI=1S/C24H15ClFN5O5/c1-36-14-5-2-12(3-6-14)11-29-23(32)20-19(31(34)35)9-15-17(10-27)28-30(22(15)21(20)24(29)33)18-8-13(26)4-7-16(18)25/h2-9,23,32H,11H2,1H3. The number of benzene rings is 3. The van der Waals surface area contributed by atoms with Crippen molar-refractivity contribution in [2.24, 2.45) is 0 Å². The summed E-state index contributed by atoms with van der Waals surface area (Å²) < 4.78 is 20.3. The number of halogens is 2. The van der Waals surface area contributed by atoms with Crippen LogP contribution in [0.5, 0.6) is 5.75 Å². The number of hydrogen-bond donors (Lipinski definition) is 1. The fraction of sp³-hybridized carbons (Fsp3) is 0.125. The Labute approximate surface area is 207 Å². The molecule has 1 amide bonds. The van der Waals surface area contributed by atoms with Crippen molar-refractivity contribution in [1.82, 2.24) is 14.7 Å². The van der Waals surface area contributed by atoms with Crippen molar-refractivity contribution in [1.29, 1.82) is 5.26 Å². The first-order valence-electron chi connectivity index (χ1n) is 10.5. The highest BCUT2D eigenvalue weighted by Gasteiger charge is 2.44. The second-order valence-electron chi connectivity index (χ2n) is 7.96. The van der Waals surface area contributed by atoms with Crippen LogP contribution in [0.25, 0.3) is 16.6 Å². The fourth-order valence-electron chi connectivity index (χ4n) is 4.31. The van der Waals surface area contributed by atoms with Gasteiger partial charge in [0.1, 0.15) is 17.6 Å². The van der Waals surface area contributed by atoms with E-state index < -0.39 is 28.6 Å². The minimum atomic E-state index is -1.66. The molecule has 2 heterocycles.